The first kappa shape index (κ1) is 11.6. The molecular weight excluding hydrogens is 204 g/mol. The normalized spacial score (nSPS) is 22.5. The zero-order valence-electron chi connectivity index (χ0n) is 9.76. The quantitative estimate of drug-likeness (QED) is 0.735. The molecule has 0 aliphatic carbocycles. The molecule has 0 saturated carbocycles. The minimum Gasteiger partial charge on any atom is -0.394 e. The van der Waals surface area contributed by atoms with E-state index in [0.717, 1.165) is 26.2 Å². The van der Waals surface area contributed by atoms with E-state index in [1.807, 2.05) is 12.4 Å². The van der Waals surface area contributed by atoms with Crippen molar-refractivity contribution < 1.29 is 5.11 Å². The van der Waals surface area contributed by atoms with Crippen LogP contribution in [0.1, 0.15) is 12.5 Å². The second-order valence-electron chi connectivity index (χ2n) is 4.43. The number of rotatable bonds is 4. The second-order valence-corrected chi connectivity index (χ2v) is 4.43. The van der Waals surface area contributed by atoms with Crippen LogP contribution in [-0.2, 0) is 13.1 Å². The van der Waals surface area contributed by atoms with Gasteiger partial charge in [-0.25, -0.2) is 0 Å². The van der Waals surface area contributed by atoms with Crippen LogP contribution in [0, 0.1) is 0 Å². The van der Waals surface area contributed by atoms with E-state index in [-0.39, 0.29) is 6.61 Å². The second kappa shape index (κ2) is 5.43. The van der Waals surface area contributed by atoms with E-state index in [9.17, 15) is 0 Å². The number of aromatic nitrogens is 2. The molecule has 1 aliphatic heterocycles. The molecule has 1 fully saturated rings. The topological polar surface area (TPSA) is 53.3 Å². The van der Waals surface area contributed by atoms with Crippen molar-refractivity contribution in [2.45, 2.75) is 26.1 Å². The predicted molar refractivity (Wildman–Crippen MR) is 62.1 cm³/mol. The van der Waals surface area contributed by atoms with Crippen LogP contribution in [0.25, 0.3) is 0 Å². The fourth-order valence-electron chi connectivity index (χ4n) is 2.13. The molecule has 16 heavy (non-hydrogen) atoms. The first-order chi connectivity index (χ1) is 7.78. The maximum absolute atomic E-state index is 8.81. The van der Waals surface area contributed by atoms with E-state index in [4.69, 9.17) is 5.11 Å². The van der Waals surface area contributed by atoms with Gasteiger partial charge < -0.3 is 10.4 Å². The smallest absolute Gasteiger partial charge is 0.0640 e. The summed E-state index contributed by atoms with van der Waals surface area (Å²) in [5.74, 6) is 0. The number of nitrogens with one attached hydrogen (secondary N) is 1. The molecule has 0 aromatic carbocycles. The standard InChI is InChI=1S/C11H20N4O/c1-10-7-14(3-2-12-10)8-11-6-13-15(9-11)4-5-16/h6,9-10,12,16H,2-5,7-8H2,1H3. The Balaban J connectivity index is 1.87. The lowest BCUT2D eigenvalue weighted by Gasteiger charge is -2.31. The molecule has 1 aromatic rings. The third-order valence-electron chi connectivity index (χ3n) is 2.87. The molecule has 90 valence electrons. The third-order valence-corrected chi connectivity index (χ3v) is 2.87. The minimum absolute atomic E-state index is 0.145. The highest BCUT2D eigenvalue weighted by molar-refractivity contribution is 5.04. The van der Waals surface area contributed by atoms with Crippen molar-refractivity contribution in [3.8, 4) is 0 Å². The summed E-state index contributed by atoms with van der Waals surface area (Å²) < 4.78 is 1.79. The largest absolute Gasteiger partial charge is 0.394 e. The molecule has 1 atom stereocenters. The van der Waals surface area contributed by atoms with Crippen molar-refractivity contribution in [1.82, 2.24) is 20.0 Å². The molecule has 1 unspecified atom stereocenters. The molecule has 1 aliphatic rings. The van der Waals surface area contributed by atoms with Crippen LogP contribution >= 0.6 is 0 Å². The lowest BCUT2D eigenvalue weighted by Crippen LogP contribution is -2.48. The Morgan fingerprint density at radius 3 is 3.25 bits per heavy atom. The molecule has 2 N–H and O–H groups in total. The molecule has 0 bridgehead atoms. The van der Waals surface area contributed by atoms with Crippen LogP contribution in [0.4, 0.5) is 0 Å². The van der Waals surface area contributed by atoms with Gasteiger partial charge in [0, 0.05) is 44.0 Å². The molecule has 1 saturated heterocycles. The Labute approximate surface area is 96.1 Å². The monoisotopic (exact) mass is 224 g/mol. The van der Waals surface area contributed by atoms with Gasteiger partial charge in [0.05, 0.1) is 19.3 Å². The Morgan fingerprint density at radius 1 is 1.62 bits per heavy atom. The van der Waals surface area contributed by atoms with Gasteiger partial charge in [-0.15, -0.1) is 0 Å². The third kappa shape index (κ3) is 3.04. The van der Waals surface area contributed by atoms with Gasteiger partial charge in [-0.3, -0.25) is 9.58 Å². The Hall–Kier alpha value is -0.910. The van der Waals surface area contributed by atoms with Gasteiger partial charge in [-0.05, 0) is 6.92 Å². The van der Waals surface area contributed by atoms with Gasteiger partial charge in [0.2, 0.25) is 0 Å². The summed E-state index contributed by atoms with van der Waals surface area (Å²) in [6, 6.07) is 0.571. The predicted octanol–water partition coefficient (Wildman–Crippen LogP) is -0.331. The summed E-state index contributed by atoms with van der Waals surface area (Å²) >= 11 is 0. The van der Waals surface area contributed by atoms with Crippen LogP contribution in [-0.4, -0.2) is 52.1 Å². The van der Waals surface area contributed by atoms with Gasteiger partial charge in [-0.1, -0.05) is 0 Å². The first-order valence-corrected chi connectivity index (χ1v) is 5.86. The zero-order chi connectivity index (χ0) is 11.4. The summed E-state index contributed by atoms with van der Waals surface area (Å²) in [5, 5.41) is 16.4. The van der Waals surface area contributed by atoms with Crippen molar-refractivity contribution in [2.75, 3.05) is 26.2 Å². The van der Waals surface area contributed by atoms with Crippen molar-refractivity contribution in [3.05, 3.63) is 18.0 Å². The summed E-state index contributed by atoms with van der Waals surface area (Å²) in [6.07, 6.45) is 3.91. The van der Waals surface area contributed by atoms with Crippen LogP contribution < -0.4 is 5.32 Å². The van der Waals surface area contributed by atoms with Crippen molar-refractivity contribution in [1.29, 1.82) is 0 Å². The van der Waals surface area contributed by atoms with E-state index in [0.29, 0.717) is 12.6 Å². The SMILES string of the molecule is CC1CN(Cc2cnn(CCO)c2)CCN1. The number of hydrogen-bond donors (Lipinski definition) is 2. The summed E-state index contributed by atoms with van der Waals surface area (Å²) in [6.45, 7) is 7.13. The number of aliphatic hydroxyl groups excluding tert-OH is 1. The van der Waals surface area contributed by atoms with Crippen LogP contribution in [0.5, 0.6) is 0 Å². The van der Waals surface area contributed by atoms with Gasteiger partial charge in [-0.2, -0.15) is 5.10 Å². The van der Waals surface area contributed by atoms with Crippen molar-refractivity contribution in [3.63, 3.8) is 0 Å². The lowest BCUT2D eigenvalue weighted by molar-refractivity contribution is 0.199. The maximum Gasteiger partial charge on any atom is 0.0640 e. The molecular formula is C11H20N4O. The number of hydrogen-bond acceptors (Lipinski definition) is 4. The molecule has 0 radical (unpaired) electrons. The molecule has 2 rings (SSSR count). The van der Waals surface area contributed by atoms with Crippen LogP contribution in [0.2, 0.25) is 0 Å². The Kier molecular flexibility index (Phi) is 3.93. The summed E-state index contributed by atoms with van der Waals surface area (Å²) in [4.78, 5) is 2.43. The summed E-state index contributed by atoms with van der Waals surface area (Å²) in [7, 11) is 0. The van der Waals surface area contributed by atoms with Gasteiger partial charge in [0.15, 0.2) is 0 Å². The van der Waals surface area contributed by atoms with Gasteiger partial charge in [0.1, 0.15) is 0 Å². The molecule has 5 heteroatoms. The van der Waals surface area contributed by atoms with E-state index in [2.05, 4.69) is 22.2 Å². The van der Waals surface area contributed by atoms with Crippen molar-refractivity contribution >= 4 is 0 Å². The summed E-state index contributed by atoms with van der Waals surface area (Å²) in [5.41, 5.74) is 1.22. The molecule has 2 heterocycles. The van der Waals surface area contributed by atoms with Crippen LogP contribution in [0.15, 0.2) is 12.4 Å². The average Bonchev–Trinajstić information content (AvgIpc) is 2.66. The lowest BCUT2D eigenvalue weighted by atomic mass is 10.2. The molecule has 0 amide bonds. The fraction of sp³-hybridized carbons (Fsp3) is 0.727. The van der Waals surface area contributed by atoms with Gasteiger partial charge >= 0.3 is 0 Å². The zero-order valence-corrected chi connectivity index (χ0v) is 9.76. The van der Waals surface area contributed by atoms with E-state index in [1.54, 1.807) is 4.68 Å². The minimum atomic E-state index is 0.145. The number of aliphatic hydroxyl groups is 1. The Morgan fingerprint density at radius 2 is 2.50 bits per heavy atom. The van der Waals surface area contributed by atoms with Gasteiger partial charge in [0.25, 0.3) is 0 Å². The highest BCUT2D eigenvalue weighted by Crippen LogP contribution is 2.06. The fourth-order valence-corrected chi connectivity index (χ4v) is 2.13. The van der Waals surface area contributed by atoms with Crippen LogP contribution in [0.3, 0.4) is 0 Å². The highest BCUT2D eigenvalue weighted by atomic mass is 16.3. The van der Waals surface area contributed by atoms with E-state index < -0.39 is 0 Å². The molecule has 0 spiro atoms. The van der Waals surface area contributed by atoms with E-state index >= 15 is 0 Å². The highest BCUT2D eigenvalue weighted by Gasteiger charge is 2.15. The average molecular weight is 224 g/mol. The number of nitrogens with zero attached hydrogens (tertiary/aromatic N) is 3. The molecule has 5 nitrogen and oxygen atoms in total. The first-order valence-electron chi connectivity index (χ1n) is 5.86. The number of piperazine rings is 1. The maximum atomic E-state index is 8.81. The van der Waals surface area contributed by atoms with E-state index in [1.165, 1.54) is 5.56 Å². The Bertz CT molecular complexity index is 326. The molecule has 1 aromatic heterocycles. The van der Waals surface area contributed by atoms with Crippen molar-refractivity contribution in [2.24, 2.45) is 0 Å².